The summed E-state index contributed by atoms with van der Waals surface area (Å²) < 4.78 is 31.9. The van der Waals surface area contributed by atoms with Gasteiger partial charge in [0.05, 0.1) is 6.04 Å². The summed E-state index contributed by atoms with van der Waals surface area (Å²) in [6, 6.07) is 2.86. The van der Waals surface area contributed by atoms with Crippen LogP contribution in [0.25, 0.3) is 0 Å². The fourth-order valence-corrected chi connectivity index (χ4v) is 2.21. The Kier molecular flexibility index (Phi) is 7.99. The number of hydrogen-bond acceptors (Lipinski definition) is 3. The molecule has 2 amide bonds. The van der Waals surface area contributed by atoms with E-state index in [-0.39, 0.29) is 42.8 Å². The van der Waals surface area contributed by atoms with Gasteiger partial charge in [-0.25, -0.2) is 13.6 Å². The van der Waals surface area contributed by atoms with E-state index in [1.807, 2.05) is 13.8 Å². The van der Waals surface area contributed by atoms with E-state index in [1.165, 1.54) is 0 Å². The third-order valence-electron chi connectivity index (χ3n) is 3.66. The number of benzene rings is 1. The van der Waals surface area contributed by atoms with Crippen molar-refractivity contribution in [2.45, 2.75) is 59.1 Å². The largest absolute Gasteiger partial charge is 0.444 e. The first kappa shape index (κ1) is 21.9. The third-order valence-corrected chi connectivity index (χ3v) is 3.66. The molecule has 0 aliphatic heterocycles. The van der Waals surface area contributed by atoms with Gasteiger partial charge in [-0.1, -0.05) is 13.8 Å². The van der Waals surface area contributed by atoms with Crippen molar-refractivity contribution in [2.24, 2.45) is 5.92 Å². The molecule has 7 heteroatoms. The van der Waals surface area contributed by atoms with Crippen LogP contribution in [-0.2, 0) is 16.0 Å². The molecule has 1 rings (SSSR count). The summed E-state index contributed by atoms with van der Waals surface area (Å²) in [5.74, 6) is -1.30. The molecule has 0 spiro atoms. The van der Waals surface area contributed by atoms with Crippen LogP contribution in [-0.4, -0.2) is 30.2 Å². The maximum atomic E-state index is 13.6. The zero-order valence-corrected chi connectivity index (χ0v) is 16.0. The molecule has 0 saturated carbocycles. The lowest BCUT2D eigenvalue weighted by molar-refractivity contribution is -0.121. The molecule has 0 aromatic heterocycles. The van der Waals surface area contributed by atoms with Gasteiger partial charge in [0.2, 0.25) is 5.91 Å². The van der Waals surface area contributed by atoms with Crippen LogP contribution in [0.1, 0.15) is 46.6 Å². The minimum Gasteiger partial charge on any atom is -0.444 e. The highest BCUT2D eigenvalue weighted by Gasteiger charge is 2.22. The molecule has 0 bridgehead atoms. The van der Waals surface area contributed by atoms with Gasteiger partial charge in [-0.3, -0.25) is 4.79 Å². The zero-order valence-electron chi connectivity index (χ0n) is 16.0. The van der Waals surface area contributed by atoms with Crippen molar-refractivity contribution in [1.29, 1.82) is 0 Å². The number of aryl methyl sites for hydroxylation is 1. The van der Waals surface area contributed by atoms with E-state index in [0.29, 0.717) is 0 Å². The van der Waals surface area contributed by atoms with Crippen LogP contribution >= 0.6 is 0 Å². The molecule has 0 saturated heterocycles. The highest BCUT2D eigenvalue weighted by atomic mass is 19.1. The second kappa shape index (κ2) is 9.50. The quantitative estimate of drug-likeness (QED) is 0.771. The normalized spacial score (nSPS) is 12.6. The number of carbonyl (C=O) groups excluding carboxylic acids is 2. The fraction of sp³-hybridized carbons (Fsp3) is 0.579. The molecule has 2 N–H and O–H groups in total. The van der Waals surface area contributed by atoms with Crippen LogP contribution in [0.15, 0.2) is 18.2 Å². The molecule has 0 aliphatic rings. The van der Waals surface area contributed by atoms with Crippen LogP contribution in [0.3, 0.4) is 0 Å². The Morgan fingerprint density at radius 1 is 1.19 bits per heavy atom. The van der Waals surface area contributed by atoms with Crippen molar-refractivity contribution in [2.75, 3.05) is 6.54 Å². The minimum absolute atomic E-state index is 0.0254. The highest BCUT2D eigenvalue weighted by molar-refractivity contribution is 5.76. The monoisotopic (exact) mass is 370 g/mol. The third kappa shape index (κ3) is 8.27. The van der Waals surface area contributed by atoms with Gasteiger partial charge in [-0.2, -0.15) is 0 Å². The molecule has 1 aromatic carbocycles. The first-order chi connectivity index (χ1) is 12.0. The van der Waals surface area contributed by atoms with Crippen molar-refractivity contribution in [3.63, 3.8) is 0 Å². The zero-order chi connectivity index (χ0) is 19.9. The number of ether oxygens (including phenoxy) is 1. The number of rotatable bonds is 7. The second-order valence-electron chi connectivity index (χ2n) is 7.54. The highest BCUT2D eigenvalue weighted by Crippen LogP contribution is 2.12. The Morgan fingerprint density at radius 2 is 1.85 bits per heavy atom. The molecular weight excluding hydrogens is 342 g/mol. The lowest BCUT2D eigenvalue weighted by atomic mass is 10.0. The van der Waals surface area contributed by atoms with Crippen molar-refractivity contribution < 1.29 is 23.1 Å². The van der Waals surface area contributed by atoms with E-state index in [0.717, 1.165) is 18.2 Å². The van der Waals surface area contributed by atoms with Crippen LogP contribution < -0.4 is 10.6 Å². The maximum Gasteiger partial charge on any atom is 0.407 e. The molecule has 5 nitrogen and oxygen atoms in total. The first-order valence-corrected chi connectivity index (χ1v) is 8.68. The maximum absolute atomic E-state index is 13.6. The average Bonchev–Trinajstić information content (AvgIpc) is 2.50. The Bertz CT molecular complexity index is 628. The van der Waals surface area contributed by atoms with Crippen LogP contribution in [0.5, 0.6) is 0 Å². The van der Waals surface area contributed by atoms with Gasteiger partial charge in [0.1, 0.15) is 17.2 Å². The average molecular weight is 370 g/mol. The molecule has 0 radical (unpaired) electrons. The van der Waals surface area contributed by atoms with E-state index in [1.54, 1.807) is 20.8 Å². The summed E-state index contributed by atoms with van der Waals surface area (Å²) in [5, 5.41) is 5.44. The van der Waals surface area contributed by atoms with Gasteiger partial charge >= 0.3 is 6.09 Å². The van der Waals surface area contributed by atoms with Gasteiger partial charge in [0.25, 0.3) is 0 Å². The van der Waals surface area contributed by atoms with Gasteiger partial charge in [-0.15, -0.1) is 0 Å². The topological polar surface area (TPSA) is 67.4 Å². The smallest absolute Gasteiger partial charge is 0.407 e. The van der Waals surface area contributed by atoms with Crippen molar-refractivity contribution in [3.8, 4) is 0 Å². The van der Waals surface area contributed by atoms with E-state index < -0.39 is 23.3 Å². The van der Waals surface area contributed by atoms with Gasteiger partial charge in [-0.05, 0) is 56.9 Å². The van der Waals surface area contributed by atoms with Gasteiger partial charge in [0, 0.05) is 13.0 Å². The Morgan fingerprint density at radius 3 is 2.42 bits per heavy atom. The molecule has 0 heterocycles. The molecular formula is C19H28F2N2O3. The number of carbonyl (C=O) groups is 2. The predicted molar refractivity (Wildman–Crippen MR) is 95.7 cm³/mol. The van der Waals surface area contributed by atoms with E-state index >= 15 is 0 Å². The molecule has 1 unspecified atom stereocenters. The Hall–Kier alpha value is -2.18. The summed E-state index contributed by atoms with van der Waals surface area (Å²) in [6.45, 7) is 9.35. The van der Waals surface area contributed by atoms with Crippen molar-refractivity contribution >= 4 is 12.0 Å². The molecule has 1 aromatic rings. The standard InChI is InChI=1S/C19H28F2N2O3/c1-12(2)16(23-18(25)26-19(3,4)5)11-22-17(24)9-6-13-10-14(20)7-8-15(13)21/h7-8,10,12,16H,6,9,11H2,1-5H3,(H,22,24)(H,23,25). The predicted octanol–water partition coefficient (Wildman–Crippen LogP) is 3.56. The summed E-state index contributed by atoms with van der Waals surface area (Å²) in [4.78, 5) is 23.9. The summed E-state index contributed by atoms with van der Waals surface area (Å²) in [7, 11) is 0. The molecule has 1 atom stereocenters. The molecule has 0 fully saturated rings. The van der Waals surface area contributed by atoms with E-state index in [4.69, 9.17) is 4.74 Å². The number of nitrogens with one attached hydrogen (secondary N) is 2. The first-order valence-electron chi connectivity index (χ1n) is 8.68. The van der Waals surface area contributed by atoms with E-state index in [2.05, 4.69) is 10.6 Å². The number of hydrogen-bond donors (Lipinski definition) is 2. The summed E-state index contributed by atoms with van der Waals surface area (Å²) in [5.41, 5.74) is -0.448. The second-order valence-corrected chi connectivity index (χ2v) is 7.54. The summed E-state index contributed by atoms with van der Waals surface area (Å²) in [6.07, 6.45) is -0.425. The molecule has 0 aliphatic carbocycles. The number of halogens is 2. The van der Waals surface area contributed by atoms with E-state index in [9.17, 15) is 18.4 Å². The SMILES string of the molecule is CC(C)C(CNC(=O)CCc1cc(F)ccc1F)NC(=O)OC(C)(C)C. The number of amides is 2. The Balaban J connectivity index is 2.49. The summed E-state index contributed by atoms with van der Waals surface area (Å²) >= 11 is 0. The lowest BCUT2D eigenvalue weighted by Gasteiger charge is -2.26. The van der Waals surface area contributed by atoms with Crippen LogP contribution in [0, 0.1) is 17.6 Å². The fourth-order valence-electron chi connectivity index (χ4n) is 2.21. The number of alkyl carbamates (subject to hydrolysis) is 1. The van der Waals surface area contributed by atoms with Crippen LogP contribution in [0.2, 0.25) is 0 Å². The van der Waals surface area contributed by atoms with Gasteiger partial charge < -0.3 is 15.4 Å². The minimum atomic E-state index is -0.607. The van der Waals surface area contributed by atoms with Crippen LogP contribution in [0.4, 0.5) is 13.6 Å². The van der Waals surface area contributed by atoms with Crippen molar-refractivity contribution in [3.05, 3.63) is 35.4 Å². The van der Waals surface area contributed by atoms with Crippen molar-refractivity contribution in [1.82, 2.24) is 10.6 Å². The molecule has 146 valence electrons. The lowest BCUT2D eigenvalue weighted by Crippen LogP contribution is -2.48. The van der Waals surface area contributed by atoms with Gasteiger partial charge in [0.15, 0.2) is 0 Å². The molecule has 26 heavy (non-hydrogen) atoms. The Labute approximate surface area is 153 Å².